The Balaban J connectivity index is 3.55. The summed E-state index contributed by atoms with van der Waals surface area (Å²) in [6.07, 6.45) is -0.952. The largest absolute Gasteiger partial charge is 0.504 e. The summed E-state index contributed by atoms with van der Waals surface area (Å²) in [5, 5.41) is 20.2. The number of rotatable bonds is 3. The van der Waals surface area contributed by atoms with Gasteiger partial charge in [-0.2, -0.15) is 0 Å². The van der Waals surface area contributed by atoms with Crippen LogP contribution in [0.25, 0.3) is 0 Å². The van der Waals surface area contributed by atoms with Crippen LogP contribution in [0.15, 0.2) is 0 Å². The first kappa shape index (κ1) is 13.1. The van der Waals surface area contributed by atoms with E-state index in [-0.39, 0.29) is 18.0 Å². The number of ether oxygens (including phenoxy) is 1. The van der Waals surface area contributed by atoms with Crippen molar-refractivity contribution in [2.24, 2.45) is 5.73 Å². The molecule has 0 aliphatic carbocycles. The second-order valence-electron chi connectivity index (χ2n) is 3.61. The lowest BCUT2D eigenvalue weighted by atomic mass is 9.98. The van der Waals surface area contributed by atoms with Crippen LogP contribution in [0.2, 0.25) is 5.02 Å². The van der Waals surface area contributed by atoms with Crippen LogP contribution in [0.1, 0.15) is 22.8 Å². The number of hydrogen-bond acceptors (Lipinski definition) is 4. The van der Waals surface area contributed by atoms with Crippen molar-refractivity contribution in [3.8, 4) is 11.5 Å². The monoisotopic (exact) mass is 245 g/mol. The molecule has 0 spiro atoms. The first-order valence-corrected chi connectivity index (χ1v) is 5.27. The van der Waals surface area contributed by atoms with Gasteiger partial charge in [0.2, 0.25) is 0 Å². The normalized spacial score (nSPS) is 12.6. The Hall–Kier alpha value is -0.970. The summed E-state index contributed by atoms with van der Waals surface area (Å²) in [6, 6.07) is 0. The standard InChI is InChI=1S/C11H16ClNO3/c1-5-8(7(14)4-13)10(15)11(16-3)6(2)9(5)12/h7,14-15H,4,13H2,1-3H3. The second kappa shape index (κ2) is 4.91. The molecule has 0 heterocycles. The molecule has 0 bridgehead atoms. The summed E-state index contributed by atoms with van der Waals surface area (Å²) in [5.41, 5.74) is 6.97. The number of phenols is 1. The van der Waals surface area contributed by atoms with Gasteiger partial charge >= 0.3 is 0 Å². The molecule has 90 valence electrons. The van der Waals surface area contributed by atoms with Gasteiger partial charge in [-0.3, -0.25) is 0 Å². The van der Waals surface area contributed by atoms with Gasteiger partial charge in [0.25, 0.3) is 0 Å². The number of halogens is 1. The molecule has 1 aromatic rings. The van der Waals surface area contributed by atoms with Crippen LogP contribution in [0.3, 0.4) is 0 Å². The van der Waals surface area contributed by atoms with Crippen molar-refractivity contribution in [1.29, 1.82) is 0 Å². The maximum absolute atomic E-state index is 9.98. The van der Waals surface area contributed by atoms with E-state index in [0.29, 0.717) is 21.7 Å². The summed E-state index contributed by atoms with van der Waals surface area (Å²) in [5.74, 6) is 0.179. The molecule has 4 nitrogen and oxygen atoms in total. The predicted octanol–water partition coefficient (Wildman–Crippen LogP) is 1.66. The average Bonchev–Trinajstić information content (AvgIpc) is 2.27. The Bertz CT molecular complexity index is 407. The topological polar surface area (TPSA) is 75.7 Å². The molecule has 4 N–H and O–H groups in total. The molecule has 0 saturated heterocycles. The fraction of sp³-hybridized carbons (Fsp3) is 0.455. The first-order chi connectivity index (χ1) is 7.45. The minimum Gasteiger partial charge on any atom is -0.504 e. The lowest BCUT2D eigenvalue weighted by molar-refractivity contribution is 0.180. The lowest BCUT2D eigenvalue weighted by Gasteiger charge is -2.19. The molecule has 16 heavy (non-hydrogen) atoms. The van der Waals surface area contributed by atoms with Crippen LogP contribution in [-0.2, 0) is 0 Å². The summed E-state index contributed by atoms with van der Waals surface area (Å²) < 4.78 is 5.06. The van der Waals surface area contributed by atoms with Crippen LogP contribution in [-0.4, -0.2) is 23.9 Å². The summed E-state index contributed by atoms with van der Waals surface area (Å²) in [6.45, 7) is 3.48. The third-order valence-electron chi connectivity index (χ3n) is 2.63. The highest BCUT2D eigenvalue weighted by atomic mass is 35.5. The van der Waals surface area contributed by atoms with Crippen molar-refractivity contribution in [3.05, 3.63) is 21.7 Å². The van der Waals surface area contributed by atoms with Gasteiger partial charge in [-0.05, 0) is 19.4 Å². The van der Waals surface area contributed by atoms with E-state index in [9.17, 15) is 10.2 Å². The zero-order chi connectivity index (χ0) is 12.5. The number of benzene rings is 1. The minimum absolute atomic E-state index is 0.0109. The molecule has 0 radical (unpaired) electrons. The number of nitrogens with two attached hydrogens (primary N) is 1. The highest BCUT2D eigenvalue weighted by Gasteiger charge is 2.22. The van der Waals surface area contributed by atoms with Gasteiger partial charge in [0, 0.05) is 17.7 Å². The molecule has 0 aliphatic rings. The van der Waals surface area contributed by atoms with E-state index in [0.717, 1.165) is 0 Å². The van der Waals surface area contributed by atoms with Gasteiger partial charge < -0.3 is 20.7 Å². The van der Waals surface area contributed by atoms with Crippen LogP contribution in [0.4, 0.5) is 0 Å². The fourth-order valence-corrected chi connectivity index (χ4v) is 1.94. The SMILES string of the molecule is COc1c(C)c(Cl)c(C)c(C(O)CN)c1O. The lowest BCUT2D eigenvalue weighted by Crippen LogP contribution is -2.14. The summed E-state index contributed by atoms with van der Waals surface area (Å²) in [4.78, 5) is 0. The quantitative estimate of drug-likeness (QED) is 0.757. The minimum atomic E-state index is -0.952. The van der Waals surface area contributed by atoms with E-state index >= 15 is 0 Å². The maximum atomic E-state index is 9.98. The Morgan fingerprint density at radius 1 is 1.38 bits per heavy atom. The Kier molecular flexibility index (Phi) is 4.02. The van der Waals surface area contributed by atoms with Gasteiger partial charge in [-0.25, -0.2) is 0 Å². The van der Waals surface area contributed by atoms with Crippen molar-refractivity contribution < 1.29 is 14.9 Å². The Morgan fingerprint density at radius 3 is 2.38 bits per heavy atom. The zero-order valence-corrected chi connectivity index (χ0v) is 10.3. The van der Waals surface area contributed by atoms with Gasteiger partial charge in [0.15, 0.2) is 11.5 Å². The van der Waals surface area contributed by atoms with Crippen molar-refractivity contribution in [3.63, 3.8) is 0 Å². The molecular formula is C11H16ClNO3. The van der Waals surface area contributed by atoms with Gasteiger partial charge in [0.05, 0.1) is 18.2 Å². The van der Waals surface area contributed by atoms with E-state index in [1.807, 2.05) is 0 Å². The number of aliphatic hydroxyl groups excluding tert-OH is 1. The van der Waals surface area contributed by atoms with E-state index < -0.39 is 6.10 Å². The smallest absolute Gasteiger partial charge is 0.165 e. The first-order valence-electron chi connectivity index (χ1n) is 4.89. The third-order valence-corrected chi connectivity index (χ3v) is 3.20. The van der Waals surface area contributed by atoms with Crippen molar-refractivity contribution >= 4 is 11.6 Å². The zero-order valence-electron chi connectivity index (χ0n) is 9.54. The number of aliphatic hydroxyl groups is 1. The van der Waals surface area contributed by atoms with Crippen LogP contribution in [0, 0.1) is 13.8 Å². The molecule has 1 unspecified atom stereocenters. The molecule has 0 amide bonds. The van der Waals surface area contributed by atoms with Crippen LogP contribution in [0.5, 0.6) is 11.5 Å². The highest BCUT2D eigenvalue weighted by Crippen LogP contribution is 2.43. The molecular weight excluding hydrogens is 230 g/mol. The molecule has 0 fully saturated rings. The number of aromatic hydroxyl groups is 1. The molecule has 1 rings (SSSR count). The van der Waals surface area contributed by atoms with E-state index in [4.69, 9.17) is 22.1 Å². The summed E-state index contributed by atoms with van der Waals surface area (Å²) >= 11 is 6.10. The molecule has 0 aromatic heterocycles. The average molecular weight is 246 g/mol. The van der Waals surface area contributed by atoms with Crippen molar-refractivity contribution in [2.75, 3.05) is 13.7 Å². The predicted molar refractivity (Wildman–Crippen MR) is 63.2 cm³/mol. The second-order valence-corrected chi connectivity index (χ2v) is 3.99. The number of phenolic OH excluding ortho intramolecular Hbond substituents is 1. The van der Waals surface area contributed by atoms with Crippen LogP contribution < -0.4 is 10.5 Å². The van der Waals surface area contributed by atoms with Crippen molar-refractivity contribution in [1.82, 2.24) is 0 Å². The third kappa shape index (κ3) is 1.96. The summed E-state index contributed by atoms with van der Waals surface area (Å²) in [7, 11) is 1.44. The van der Waals surface area contributed by atoms with E-state index in [2.05, 4.69) is 0 Å². The number of hydrogen-bond donors (Lipinski definition) is 3. The van der Waals surface area contributed by atoms with Gasteiger partial charge in [-0.1, -0.05) is 11.6 Å². The molecule has 1 atom stereocenters. The fourth-order valence-electron chi connectivity index (χ4n) is 1.75. The molecule has 1 aromatic carbocycles. The highest BCUT2D eigenvalue weighted by molar-refractivity contribution is 6.32. The Morgan fingerprint density at radius 2 is 1.94 bits per heavy atom. The Labute approximate surface area is 99.6 Å². The van der Waals surface area contributed by atoms with Crippen molar-refractivity contribution in [2.45, 2.75) is 20.0 Å². The van der Waals surface area contributed by atoms with Gasteiger partial charge in [0.1, 0.15) is 0 Å². The molecule has 0 saturated carbocycles. The molecule has 0 aliphatic heterocycles. The van der Waals surface area contributed by atoms with E-state index in [1.165, 1.54) is 7.11 Å². The van der Waals surface area contributed by atoms with E-state index in [1.54, 1.807) is 13.8 Å². The number of methoxy groups -OCH3 is 1. The molecule has 5 heteroatoms. The van der Waals surface area contributed by atoms with Crippen LogP contribution >= 0.6 is 11.6 Å². The maximum Gasteiger partial charge on any atom is 0.165 e. The van der Waals surface area contributed by atoms with Gasteiger partial charge in [-0.15, -0.1) is 0 Å².